The van der Waals surface area contributed by atoms with Gasteiger partial charge in [0.25, 0.3) is 11.1 Å². The topological polar surface area (TPSA) is 102 Å². The van der Waals surface area contributed by atoms with E-state index in [4.69, 9.17) is 16.6 Å². The van der Waals surface area contributed by atoms with Crippen LogP contribution in [0.5, 0.6) is 0 Å². The van der Waals surface area contributed by atoms with Gasteiger partial charge in [-0.2, -0.15) is 0 Å². The van der Waals surface area contributed by atoms with Crippen LogP contribution in [-0.2, 0) is 17.9 Å². The van der Waals surface area contributed by atoms with E-state index in [0.29, 0.717) is 27.6 Å². The summed E-state index contributed by atoms with van der Waals surface area (Å²) in [5.74, 6) is -0.933. The van der Waals surface area contributed by atoms with Gasteiger partial charge in [-0.15, -0.1) is 16.8 Å². The van der Waals surface area contributed by atoms with Crippen molar-refractivity contribution in [2.75, 3.05) is 11.1 Å². The van der Waals surface area contributed by atoms with Gasteiger partial charge < -0.3 is 19.6 Å². The van der Waals surface area contributed by atoms with Crippen LogP contribution < -0.4 is 10.6 Å². The predicted molar refractivity (Wildman–Crippen MR) is 140 cm³/mol. The second-order valence-electron chi connectivity index (χ2n) is 7.33. The third-order valence-electron chi connectivity index (χ3n) is 4.79. The first-order chi connectivity index (χ1) is 17.4. The first-order valence-corrected chi connectivity index (χ1v) is 12.8. The molecule has 0 aliphatic rings. The molecule has 2 heterocycles. The Morgan fingerprint density at radius 3 is 2.64 bits per heavy atom. The number of carbonyl (C=O) groups excluding carboxylic acids is 2. The van der Waals surface area contributed by atoms with Gasteiger partial charge in [0, 0.05) is 18.7 Å². The third kappa shape index (κ3) is 6.33. The quantitative estimate of drug-likeness (QED) is 0.159. The highest BCUT2D eigenvalue weighted by atomic mass is 32.2. The number of benzene rings is 2. The minimum atomic E-state index is -0.374. The highest BCUT2D eigenvalue weighted by Crippen LogP contribution is 2.28. The van der Waals surface area contributed by atoms with Crippen molar-refractivity contribution in [3.63, 3.8) is 0 Å². The lowest BCUT2D eigenvalue weighted by molar-refractivity contribution is -0.113. The van der Waals surface area contributed by atoms with Crippen LogP contribution in [0.4, 0.5) is 9.39 Å². The highest BCUT2D eigenvalue weighted by molar-refractivity contribution is 7.99. The number of carbonyl (C=O) groups is 2. The van der Waals surface area contributed by atoms with Crippen molar-refractivity contribution in [3.8, 4) is 11.5 Å². The van der Waals surface area contributed by atoms with Crippen LogP contribution in [0, 0.1) is 9.77 Å². The van der Waals surface area contributed by atoms with E-state index in [1.54, 1.807) is 10.6 Å². The normalized spacial score (nSPS) is 10.7. The summed E-state index contributed by atoms with van der Waals surface area (Å²) in [6.45, 7) is 4.37. The second-order valence-corrected chi connectivity index (χ2v) is 9.90. The van der Waals surface area contributed by atoms with E-state index < -0.39 is 0 Å². The van der Waals surface area contributed by atoms with Crippen LogP contribution in [-0.4, -0.2) is 32.3 Å². The average Bonchev–Trinajstić information content (AvgIpc) is 3.47. The smallest absolute Gasteiger partial charge is 0.277 e. The van der Waals surface area contributed by atoms with Crippen molar-refractivity contribution >= 4 is 52.1 Å². The molecule has 0 aliphatic heterocycles. The summed E-state index contributed by atoms with van der Waals surface area (Å²) in [5, 5.41) is 14.0. The lowest BCUT2D eigenvalue weighted by atomic mass is 10.2. The van der Waals surface area contributed by atoms with Crippen molar-refractivity contribution in [2.45, 2.75) is 18.3 Å². The molecular formula is C24H20FN5O3S3. The number of hydrogen-bond acceptors (Lipinski definition) is 8. The van der Waals surface area contributed by atoms with Gasteiger partial charge in [-0.3, -0.25) is 9.59 Å². The van der Waals surface area contributed by atoms with E-state index in [1.165, 1.54) is 24.3 Å². The monoisotopic (exact) mass is 541 g/mol. The van der Waals surface area contributed by atoms with E-state index in [-0.39, 0.29) is 40.2 Å². The molecule has 4 aromatic rings. The Morgan fingerprint density at radius 2 is 1.92 bits per heavy atom. The Kier molecular flexibility index (Phi) is 8.41. The second kappa shape index (κ2) is 11.9. The van der Waals surface area contributed by atoms with Crippen LogP contribution >= 0.6 is 35.3 Å². The molecule has 0 saturated carbocycles. The van der Waals surface area contributed by atoms with E-state index in [0.717, 1.165) is 28.7 Å². The molecule has 2 aromatic carbocycles. The number of amides is 2. The largest absolute Gasteiger partial charge is 0.411 e. The molecule has 0 radical (unpaired) electrons. The molecule has 2 aromatic heterocycles. The van der Waals surface area contributed by atoms with Crippen molar-refractivity contribution in [1.82, 2.24) is 20.1 Å². The molecule has 0 aliphatic carbocycles. The first kappa shape index (κ1) is 25.5. The Morgan fingerprint density at radius 1 is 1.17 bits per heavy atom. The predicted octanol–water partition coefficient (Wildman–Crippen LogP) is 5.31. The average molecular weight is 542 g/mol. The number of nitrogens with zero attached hydrogens (tertiary/aromatic N) is 3. The van der Waals surface area contributed by atoms with Gasteiger partial charge in [-0.1, -0.05) is 59.5 Å². The number of allylic oxidation sites excluding steroid dienone is 1. The molecule has 0 atom stereocenters. The van der Waals surface area contributed by atoms with Gasteiger partial charge in [0.2, 0.25) is 11.8 Å². The fraction of sp³-hybridized carbons (Fsp3) is 0.125. The Bertz CT molecular complexity index is 1430. The fourth-order valence-corrected chi connectivity index (χ4v) is 5.03. The molecule has 0 fully saturated rings. The number of halogens is 1. The minimum Gasteiger partial charge on any atom is -0.411 e. The van der Waals surface area contributed by atoms with Crippen molar-refractivity contribution in [3.05, 3.63) is 88.3 Å². The summed E-state index contributed by atoms with van der Waals surface area (Å²) >= 11 is 7.58. The number of nitrogens with one attached hydrogen (secondary N) is 2. The van der Waals surface area contributed by atoms with E-state index in [9.17, 15) is 14.0 Å². The molecule has 2 N–H and O–H groups in total. The lowest BCUT2D eigenvalue weighted by Crippen LogP contribution is -2.27. The maximum Gasteiger partial charge on any atom is 0.277 e. The zero-order valence-electron chi connectivity index (χ0n) is 18.8. The molecule has 184 valence electrons. The molecule has 8 nitrogen and oxygen atoms in total. The summed E-state index contributed by atoms with van der Waals surface area (Å²) in [6.07, 6.45) is 1.63. The minimum absolute atomic E-state index is 0.0394. The van der Waals surface area contributed by atoms with Gasteiger partial charge in [0.05, 0.1) is 5.75 Å². The van der Waals surface area contributed by atoms with Crippen LogP contribution in [0.15, 0.2) is 76.9 Å². The number of hydrogen-bond donors (Lipinski definition) is 2. The molecule has 36 heavy (non-hydrogen) atoms. The summed E-state index contributed by atoms with van der Waals surface area (Å²) in [7, 11) is 0. The Labute approximate surface area is 219 Å². The maximum atomic E-state index is 13.1. The lowest BCUT2D eigenvalue weighted by Gasteiger charge is -2.10. The summed E-state index contributed by atoms with van der Waals surface area (Å²) in [5.41, 5.74) is 1.77. The summed E-state index contributed by atoms with van der Waals surface area (Å²) < 4.78 is 20.7. The number of aromatic nitrogens is 3. The van der Waals surface area contributed by atoms with Gasteiger partial charge in [0.1, 0.15) is 16.5 Å². The molecule has 4 rings (SSSR count). The molecule has 0 spiro atoms. The molecule has 12 heteroatoms. The van der Waals surface area contributed by atoms with E-state index in [2.05, 4.69) is 27.4 Å². The van der Waals surface area contributed by atoms with Crippen LogP contribution in [0.3, 0.4) is 0 Å². The first-order valence-electron chi connectivity index (χ1n) is 10.6. The number of thiazole rings is 1. The third-order valence-corrected chi connectivity index (χ3v) is 6.98. The van der Waals surface area contributed by atoms with E-state index in [1.807, 2.05) is 30.3 Å². The Hall–Kier alpha value is -3.61. The maximum absolute atomic E-state index is 13.1. The molecule has 0 unspecified atom stereocenters. The van der Waals surface area contributed by atoms with Gasteiger partial charge in [-0.25, -0.2) is 4.39 Å². The van der Waals surface area contributed by atoms with Gasteiger partial charge >= 0.3 is 0 Å². The fourth-order valence-electron chi connectivity index (χ4n) is 3.14. The number of rotatable bonds is 10. The van der Waals surface area contributed by atoms with Crippen molar-refractivity contribution < 1.29 is 18.4 Å². The zero-order valence-corrected chi connectivity index (χ0v) is 21.2. The van der Waals surface area contributed by atoms with E-state index >= 15 is 0 Å². The van der Waals surface area contributed by atoms with Gasteiger partial charge in [-0.05, 0) is 42.0 Å². The van der Waals surface area contributed by atoms with Crippen molar-refractivity contribution in [1.29, 1.82) is 0 Å². The summed E-state index contributed by atoms with van der Waals surface area (Å²) in [6, 6.07) is 15.1. The van der Waals surface area contributed by atoms with Crippen molar-refractivity contribution in [2.24, 2.45) is 0 Å². The van der Waals surface area contributed by atoms with Crippen LogP contribution in [0.1, 0.15) is 16.1 Å². The highest BCUT2D eigenvalue weighted by Gasteiger charge is 2.22. The van der Waals surface area contributed by atoms with Crippen LogP contribution in [0.25, 0.3) is 11.5 Å². The van der Waals surface area contributed by atoms with Crippen LogP contribution in [0.2, 0.25) is 0 Å². The molecular weight excluding hydrogens is 521 g/mol. The molecule has 0 bridgehead atoms. The standard InChI is InChI=1S/C24H20FN5O3S3/c1-2-12-30-19(20(32)26-13-15-6-4-3-5-7-15)22(36-24(30)34)27-18(31)14-35-23-29-28-21(33-23)16-8-10-17(25)11-9-16/h2-11H,1,12-14H2,(H,26,32)(H,27,31). The van der Waals surface area contributed by atoms with Gasteiger partial charge in [0.15, 0.2) is 3.95 Å². The number of thioether (sulfide) groups is 1. The number of anilines is 1. The zero-order chi connectivity index (χ0) is 25.5. The molecule has 2 amide bonds. The Balaban J connectivity index is 1.42. The summed E-state index contributed by atoms with van der Waals surface area (Å²) in [4.78, 5) is 25.7. The molecule has 0 saturated heterocycles. The SMILES string of the molecule is C=CCn1c(C(=O)NCc2ccccc2)c(NC(=O)CSc2nnc(-c3ccc(F)cc3)o2)sc1=S.